The molecule has 8 rings (SSSR count). The van der Waals surface area contributed by atoms with Gasteiger partial charge in [-0.05, 0) is 171 Å². The van der Waals surface area contributed by atoms with Crippen LogP contribution in [-0.2, 0) is 20.8 Å². The van der Waals surface area contributed by atoms with E-state index in [9.17, 15) is 0 Å². The van der Waals surface area contributed by atoms with E-state index in [-0.39, 0.29) is 11.8 Å². The van der Waals surface area contributed by atoms with E-state index in [0.29, 0.717) is 0 Å². The predicted octanol–water partition coefficient (Wildman–Crippen LogP) is 14.6. The van der Waals surface area contributed by atoms with Crippen molar-refractivity contribution >= 4 is 49.8 Å². The molecule has 0 saturated heterocycles. The van der Waals surface area contributed by atoms with Crippen LogP contribution in [0.5, 0.6) is 0 Å². The van der Waals surface area contributed by atoms with Gasteiger partial charge in [-0.1, -0.05) is 71.8 Å². The molecule has 2 aromatic heterocycles. The van der Waals surface area contributed by atoms with Gasteiger partial charge in [0.2, 0.25) is 0 Å². The summed E-state index contributed by atoms with van der Waals surface area (Å²) >= 11 is -0.826. The zero-order valence-corrected chi connectivity index (χ0v) is 37.3. The van der Waals surface area contributed by atoms with E-state index in [1.165, 1.54) is 89.0 Å². The van der Waals surface area contributed by atoms with E-state index in [1.54, 1.807) is 0 Å². The number of fused-ring (bicyclic) bond motifs is 2. The van der Waals surface area contributed by atoms with Gasteiger partial charge in [-0.25, -0.2) is 0 Å². The van der Waals surface area contributed by atoms with Crippen molar-refractivity contribution in [3.63, 3.8) is 0 Å². The molecule has 2 atom stereocenters. The van der Waals surface area contributed by atoms with E-state index in [4.69, 9.17) is 25.9 Å². The van der Waals surface area contributed by atoms with Gasteiger partial charge >= 0.3 is 37.9 Å². The quantitative estimate of drug-likeness (QED) is 0.143. The van der Waals surface area contributed by atoms with Crippen LogP contribution >= 0.6 is 17.0 Å². The summed E-state index contributed by atoms with van der Waals surface area (Å²) in [6.07, 6.45) is 4.87. The molecule has 2 radical (unpaired) electrons. The molecule has 0 bridgehead atoms. The summed E-state index contributed by atoms with van der Waals surface area (Å²) < 4.78 is 12.7. The predicted molar refractivity (Wildman–Crippen MR) is 227 cm³/mol. The first-order valence-electron chi connectivity index (χ1n) is 18.6. The number of rotatable bonds is 8. The Kier molecular flexibility index (Phi) is 11.8. The van der Waals surface area contributed by atoms with Crippen LogP contribution in [0.2, 0.25) is 12.1 Å². The minimum absolute atomic E-state index is 0.273. The minimum atomic E-state index is -0.826. The molecule has 0 spiro atoms. The summed E-state index contributed by atoms with van der Waals surface area (Å²) in [6, 6.07) is 33.7. The summed E-state index contributed by atoms with van der Waals surface area (Å²) in [7, 11) is 10.6. The van der Waals surface area contributed by atoms with Gasteiger partial charge in [-0.3, -0.25) is 0 Å². The van der Waals surface area contributed by atoms with E-state index < -0.39 is 20.8 Å². The molecule has 2 nitrogen and oxygen atoms in total. The van der Waals surface area contributed by atoms with Crippen LogP contribution in [0.4, 0.5) is 0 Å². The molecule has 0 N–H and O–H groups in total. The first-order chi connectivity index (χ1) is 26.0. The maximum absolute atomic E-state index is 6.35. The Hall–Kier alpha value is -3.40. The van der Waals surface area contributed by atoms with Gasteiger partial charge in [0.05, 0.1) is 0 Å². The zero-order chi connectivity index (χ0) is 38.3. The Labute approximate surface area is 342 Å². The molecule has 54 heavy (non-hydrogen) atoms. The second-order valence-corrected chi connectivity index (χ2v) is 20.0. The summed E-state index contributed by atoms with van der Waals surface area (Å²) in [5.41, 5.74) is 21.4. The zero-order valence-electron chi connectivity index (χ0n) is 32.4. The molecule has 0 aliphatic heterocycles. The second kappa shape index (κ2) is 16.4. The Balaban J connectivity index is 0.00000145. The monoisotopic (exact) mass is 842 g/mol. The fraction of sp³-hybridized carbons (Fsp3) is 0.250. The first kappa shape index (κ1) is 38.9. The van der Waals surface area contributed by atoms with Gasteiger partial charge in [0, 0.05) is 32.5 Å². The van der Waals surface area contributed by atoms with Crippen LogP contribution in [0.15, 0.2) is 93.8 Å². The van der Waals surface area contributed by atoms with Crippen LogP contribution in [-0.4, -0.2) is 9.52 Å². The van der Waals surface area contributed by atoms with Gasteiger partial charge < -0.3 is 8.83 Å². The van der Waals surface area contributed by atoms with Gasteiger partial charge in [0.15, 0.2) is 0 Å². The van der Waals surface area contributed by atoms with Gasteiger partial charge in [0.1, 0.15) is 23.0 Å². The van der Waals surface area contributed by atoms with Crippen molar-refractivity contribution in [2.45, 2.75) is 79.3 Å². The van der Waals surface area contributed by atoms with E-state index in [2.05, 4.69) is 139 Å². The van der Waals surface area contributed by atoms with Crippen molar-refractivity contribution in [1.29, 1.82) is 0 Å². The summed E-state index contributed by atoms with van der Waals surface area (Å²) in [5.74, 6) is 4.44. The molecule has 2 unspecified atom stereocenters. The van der Waals surface area contributed by atoms with Crippen molar-refractivity contribution in [1.82, 2.24) is 0 Å². The molecule has 6 aromatic rings. The van der Waals surface area contributed by atoms with Gasteiger partial charge in [0.25, 0.3) is 0 Å². The van der Waals surface area contributed by atoms with E-state index >= 15 is 0 Å². The molecule has 2 aliphatic rings. The average Bonchev–Trinajstić information content (AvgIpc) is 3.94. The molecular weight excluding hydrogens is 799 g/mol. The van der Waals surface area contributed by atoms with Crippen molar-refractivity contribution in [3.05, 3.63) is 164 Å². The van der Waals surface area contributed by atoms with Crippen molar-refractivity contribution in [2.75, 3.05) is 0 Å². The molecule has 6 heteroatoms. The fourth-order valence-corrected chi connectivity index (χ4v) is 9.95. The van der Waals surface area contributed by atoms with Crippen molar-refractivity contribution < 1.29 is 29.7 Å². The van der Waals surface area contributed by atoms with E-state index in [1.807, 2.05) is 13.8 Å². The number of furan rings is 2. The van der Waals surface area contributed by atoms with Crippen LogP contribution in [0.3, 0.4) is 0 Å². The molecule has 4 aromatic carbocycles. The summed E-state index contributed by atoms with van der Waals surface area (Å²) in [4.78, 5) is 0. The first-order valence-corrected chi connectivity index (χ1v) is 26.4. The number of hydrogen-bond acceptors (Lipinski definition) is 2. The third kappa shape index (κ3) is 7.57. The normalized spacial score (nSPS) is 15.7. The Morgan fingerprint density at radius 2 is 0.907 bits per heavy atom. The van der Waals surface area contributed by atoms with Crippen molar-refractivity contribution in [3.8, 4) is 22.3 Å². The average molecular weight is 845 g/mol. The standard InChI is InChI=1S/C48H46O2Si.2ClH.Zr/c1-27-9-15-35(16-10-27)47-33(7)29(3)21-37-41(47)23-39(45-19-13-31(5)49-45)43(37)25-51-26-44-38-22-30(4)34(8)48(36-17-11-28(2)12-18-36)42(38)24-40(44)46-20-14-32(6)50-46;;;/h9-24,43-44H,25-26H2,1-8H3;2*1H;/q;;;+2/p-2. The van der Waals surface area contributed by atoms with Gasteiger partial charge in [-0.15, -0.1) is 0 Å². The third-order valence-electron chi connectivity index (χ3n) is 11.4. The number of allylic oxidation sites excluding steroid dienone is 2. The molecule has 0 saturated carbocycles. The van der Waals surface area contributed by atoms with Crippen LogP contribution in [0.1, 0.15) is 90.5 Å². The number of benzene rings is 4. The van der Waals surface area contributed by atoms with Crippen molar-refractivity contribution in [2.24, 2.45) is 0 Å². The summed E-state index contributed by atoms with van der Waals surface area (Å²) in [6.45, 7) is 17.5. The molecule has 2 heterocycles. The van der Waals surface area contributed by atoms with Crippen LogP contribution < -0.4 is 0 Å². The summed E-state index contributed by atoms with van der Waals surface area (Å²) in [5, 5.41) is 0. The SMILES string of the molecule is Cc1ccc(-c2c(C)c(C)cc3c2C=C(c2ccc(C)o2)C3C[Si]CC2C(c3ccc(C)o3)=Cc3c2cc(C)c(C)c3-c2ccc(C)cc2)cc1.[Cl][Zr][Cl]. The fourth-order valence-electron chi connectivity index (χ4n) is 8.32. The number of aryl methyl sites for hydroxylation is 6. The van der Waals surface area contributed by atoms with Crippen LogP contribution in [0.25, 0.3) is 45.6 Å². The van der Waals surface area contributed by atoms with E-state index in [0.717, 1.165) is 44.6 Å². The Morgan fingerprint density at radius 1 is 0.537 bits per heavy atom. The molecule has 0 amide bonds. The topological polar surface area (TPSA) is 26.3 Å². The second-order valence-electron chi connectivity index (χ2n) is 15.0. The number of hydrogen-bond donors (Lipinski definition) is 0. The molecule has 0 fully saturated rings. The van der Waals surface area contributed by atoms with Crippen LogP contribution in [0, 0.1) is 55.4 Å². The molecule has 2 aliphatic carbocycles. The Morgan fingerprint density at radius 3 is 1.24 bits per heavy atom. The molecular formula is C48H46Cl2O2SiZr. The maximum atomic E-state index is 6.35. The third-order valence-corrected chi connectivity index (χ3v) is 12.8. The van der Waals surface area contributed by atoms with Gasteiger partial charge in [-0.2, -0.15) is 0 Å². The Bertz CT molecular complexity index is 2230. The molecule has 272 valence electrons. The number of halogens is 2.